The van der Waals surface area contributed by atoms with E-state index in [9.17, 15) is 4.79 Å². The fraction of sp³-hybridized carbons (Fsp3) is 0.188. The van der Waals surface area contributed by atoms with Gasteiger partial charge in [-0.2, -0.15) is 0 Å². The highest BCUT2D eigenvalue weighted by Crippen LogP contribution is 2.23. The zero-order valence-corrected chi connectivity index (χ0v) is 12.6. The van der Waals surface area contributed by atoms with Crippen LogP contribution in [-0.4, -0.2) is 5.91 Å². The molecule has 0 heterocycles. The van der Waals surface area contributed by atoms with E-state index in [1.165, 1.54) is 0 Å². The van der Waals surface area contributed by atoms with Gasteiger partial charge in [-0.25, -0.2) is 0 Å². The summed E-state index contributed by atoms with van der Waals surface area (Å²) >= 11 is 11.8. The van der Waals surface area contributed by atoms with Crippen molar-refractivity contribution >= 4 is 34.8 Å². The molecule has 0 radical (unpaired) electrons. The van der Waals surface area contributed by atoms with Crippen molar-refractivity contribution in [2.75, 3.05) is 5.32 Å². The van der Waals surface area contributed by atoms with Gasteiger partial charge in [0.1, 0.15) is 0 Å². The Morgan fingerprint density at radius 3 is 2.60 bits per heavy atom. The number of hydrogen-bond acceptors (Lipinski definition) is 1. The van der Waals surface area contributed by atoms with E-state index in [1.807, 2.05) is 37.3 Å². The molecule has 1 N–H and O–H groups in total. The molecule has 4 heteroatoms. The number of hydrogen-bond donors (Lipinski definition) is 1. The van der Waals surface area contributed by atoms with Crippen LogP contribution in [0.15, 0.2) is 42.5 Å². The monoisotopic (exact) mass is 307 g/mol. The number of benzene rings is 2. The Balaban J connectivity index is 1.90. The Bertz CT molecular complexity index is 626. The van der Waals surface area contributed by atoms with Gasteiger partial charge in [-0.05, 0) is 48.7 Å². The van der Waals surface area contributed by atoms with Crippen molar-refractivity contribution in [3.05, 3.63) is 63.6 Å². The van der Waals surface area contributed by atoms with Gasteiger partial charge in [0.05, 0.1) is 10.0 Å². The second-order valence-electron chi connectivity index (χ2n) is 4.67. The normalized spacial score (nSPS) is 10.3. The maximum Gasteiger partial charge on any atom is 0.224 e. The molecule has 2 aromatic carbocycles. The van der Waals surface area contributed by atoms with Crippen LogP contribution in [0.1, 0.15) is 17.5 Å². The number of anilines is 1. The predicted octanol–water partition coefficient (Wildman–Crippen LogP) is 4.87. The van der Waals surface area contributed by atoms with Gasteiger partial charge in [-0.15, -0.1) is 0 Å². The maximum atomic E-state index is 11.9. The largest absolute Gasteiger partial charge is 0.326 e. The maximum absolute atomic E-state index is 11.9. The minimum absolute atomic E-state index is 0.0123. The van der Waals surface area contributed by atoms with E-state index in [1.54, 1.807) is 12.1 Å². The van der Waals surface area contributed by atoms with Crippen molar-refractivity contribution in [3.63, 3.8) is 0 Å². The number of carbonyl (C=O) groups excluding carboxylic acids is 1. The van der Waals surface area contributed by atoms with E-state index in [2.05, 4.69) is 5.32 Å². The fourth-order valence-electron chi connectivity index (χ4n) is 1.90. The molecular weight excluding hydrogens is 293 g/mol. The first kappa shape index (κ1) is 14.9. The van der Waals surface area contributed by atoms with Crippen molar-refractivity contribution in [2.24, 2.45) is 0 Å². The Morgan fingerprint density at radius 1 is 1.10 bits per heavy atom. The lowest BCUT2D eigenvalue weighted by molar-refractivity contribution is -0.116. The Morgan fingerprint density at radius 2 is 1.90 bits per heavy atom. The van der Waals surface area contributed by atoms with Crippen LogP contribution in [0.4, 0.5) is 5.69 Å². The predicted molar refractivity (Wildman–Crippen MR) is 84.6 cm³/mol. The third-order valence-electron chi connectivity index (χ3n) is 2.93. The second kappa shape index (κ2) is 6.78. The molecule has 0 unspecified atom stereocenters. The van der Waals surface area contributed by atoms with Gasteiger partial charge in [-0.1, -0.05) is 41.4 Å². The van der Waals surface area contributed by atoms with Crippen molar-refractivity contribution < 1.29 is 4.79 Å². The zero-order chi connectivity index (χ0) is 14.5. The van der Waals surface area contributed by atoms with Gasteiger partial charge in [0, 0.05) is 12.1 Å². The molecule has 104 valence electrons. The van der Waals surface area contributed by atoms with Crippen molar-refractivity contribution in [1.29, 1.82) is 0 Å². The molecule has 20 heavy (non-hydrogen) atoms. The van der Waals surface area contributed by atoms with Crippen LogP contribution in [0.25, 0.3) is 0 Å². The molecule has 0 aliphatic heterocycles. The minimum atomic E-state index is -0.0123. The number of rotatable bonds is 4. The fourth-order valence-corrected chi connectivity index (χ4v) is 2.22. The lowest BCUT2D eigenvalue weighted by Gasteiger charge is -2.06. The molecule has 0 atom stereocenters. The summed E-state index contributed by atoms with van der Waals surface area (Å²) in [5, 5.41) is 3.93. The Kier molecular flexibility index (Phi) is 5.05. The quantitative estimate of drug-likeness (QED) is 0.857. The van der Waals surface area contributed by atoms with E-state index >= 15 is 0 Å². The Hall–Kier alpha value is -1.51. The standard InChI is InChI=1S/C16H15Cl2NO/c1-11-3-2-4-13(9-11)19-16(20)8-6-12-5-7-14(17)15(18)10-12/h2-5,7,9-10H,6,8H2,1H3,(H,19,20). The first-order valence-electron chi connectivity index (χ1n) is 6.35. The molecule has 1 amide bonds. The number of halogens is 2. The average Bonchev–Trinajstić information content (AvgIpc) is 2.40. The summed E-state index contributed by atoms with van der Waals surface area (Å²) in [6.45, 7) is 1.99. The number of amides is 1. The molecule has 0 fully saturated rings. The van der Waals surface area contributed by atoms with Crippen LogP contribution >= 0.6 is 23.2 Å². The number of aryl methyl sites for hydroxylation is 2. The van der Waals surface area contributed by atoms with Gasteiger partial charge >= 0.3 is 0 Å². The molecule has 0 saturated carbocycles. The number of nitrogens with one attached hydrogen (secondary N) is 1. The molecule has 2 rings (SSSR count). The third kappa shape index (κ3) is 4.26. The van der Waals surface area contributed by atoms with Crippen LogP contribution in [0.2, 0.25) is 10.0 Å². The van der Waals surface area contributed by atoms with Gasteiger partial charge in [0.25, 0.3) is 0 Å². The van der Waals surface area contributed by atoms with E-state index in [-0.39, 0.29) is 5.91 Å². The van der Waals surface area contributed by atoms with Crippen LogP contribution in [0.3, 0.4) is 0 Å². The van der Waals surface area contributed by atoms with E-state index in [0.717, 1.165) is 16.8 Å². The van der Waals surface area contributed by atoms with Crippen molar-refractivity contribution in [3.8, 4) is 0 Å². The molecule has 0 aliphatic rings. The second-order valence-corrected chi connectivity index (χ2v) is 5.48. The van der Waals surface area contributed by atoms with E-state index in [4.69, 9.17) is 23.2 Å². The summed E-state index contributed by atoms with van der Waals surface area (Å²) in [5.74, 6) is -0.0123. The first-order chi connectivity index (χ1) is 9.54. The molecule has 2 aromatic rings. The summed E-state index contributed by atoms with van der Waals surface area (Å²) in [6.07, 6.45) is 1.04. The molecule has 0 saturated heterocycles. The molecule has 0 aromatic heterocycles. The van der Waals surface area contributed by atoms with E-state index in [0.29, 0.717) is 22.9 Å². The van der Waals surface area contributed by atoms with Gasteiger partial charge in [-0.3, -0.25) is 4.79 Å². The lowest BCUT2D eigenvalue weighted by Crippen LogP contribution is -2.12. The van der Waals surface area contributed by atoms with Crippen LogP contribution in [0, 0.1) is 6.92 Å². The SMILES string of the molecule is Cc1cccc(NC(=O)CCc2ccc(Cl)c(Cl)c2)c1. The lowest BCUT2D eigenvalue weighted by atomic mass is 10.1. The highest BCUT2D eigenvalue weighted by molar-refractivity contribution is 6.42. The molecular formula is C16H15Cl2NO. The van der Waals surface area contributed by atoms with Gasteiger partial charge < -0.3 is 5.32 Å². The molecule has 0 aliphatic carbocycles. The van der Waals surface area contributed by atoms with Gasteiger partial charge in [0.15, 0.2) is 0 Å². The highest BCUT2D eigenvalue weighted by atomic mass is 35.5. The van der Waals surface area contributed by atoms with Crippen LogP contribution in [0.5, 0.6) is 0 Å². The van der Waals surface area contributed by atoms with Crippen molar-refractivity contribution in [1.82, 2.24) is 0 Å². The van der Waals surface area contributed by atoms with Crippen molar-refractivity contribution in [2.45, 2.75) is 19.8 Å². The molecule has 2 nitrogen and oxygen atoms in total. The summed E-state index contributed by atoms with van der Waals surface area (Å²) in [7, 11) is 0. The minimum Gasteiger partial charge on any atom is -0.326 e. The zero-order valence-electron chi connectivity index (χ0n) is 11.1. The van der Waals surface area contributed by atoms with E-state index < -0.39 is 0 Å². The molecule has 0 spiro atoms. The summed E-state index contributed by atoms with van der Waals surface area (Å²) in [4.78, 5) is 11.9. The van der Waals surface area contributed by atoms with Gasteiger partial charge in [0.2, 0.25) is 5.91 Å². The average molecular weight is 308 g/mol. The third-order valence-corrected chi connectivity index (χ3v) is 3.67. The summed E-state index contributed by atoms with van der Waals surface area (Å²) < 4.78 is 0. The summed E-state index contributed by atoms with van der Waals surface area (Å²) in [6, 6.07) is 13.2. The summed E-state index contributed by atoms with van der Waals surface area (Å²) in [5.41, 5.74) is 2.94. The number of carbonyl (C=O) groups is 1. The topological polar surface area (TPSA) is 29.1 Å². The van der Waals surface area contributed by atoms with Crippen LogP contribution < -0.4 is 5.32 Å². The first-order valence-corrected chi connectivity index (χ1v) is 7.10. The highest BCUT2D eigenvalue weighted by Gasteiger charge is 2.05. The Labute approximate surface area is 128 Å². The van der Waals surface area contributed by atoms with Crippen LogP contribution in [-0.2, 0) is 11.2 Å². The smallest absolute Gasteiger partial charge is 0.224 e. The molecule has 0 bridgehead atoms.